The van der Waals surface area contributed by atoms with E-state index in [9.17, 15) is 14.4 Å². The largest absolute Gasteiger partial charge is 0.462 e. The maximum Gasteiger partial charge on any atom is 0.306 e. The quantitative estimate of drug-likeness (QED) is 0.0261. The maximum absolute atomic E-state index is 12.8. The number of unbranched alkanes of at least 4 members (excludes halogenated alkanes) is 12. The molecular weight excluding hydrogens is 925 g/mol. The second kappa shape index (κ2) is 61.3. The van der Waals surface area contributed by atoms with E-state index >= 15 is 0 Å². The van der Waals surface area contributed by atoms with Gasteiger partial charge in [-0.1, -0.05) is 249 Å². The van der Waals surface area contributed by atoms with Crippen molar-refractivity contribution < 1.29 is 28.6 Å². The zero-order chi connectivity index (χ0) is 54.3. The van der Waals surface area contributed by atoms with Crippen LogP contribution < -0.4 is 0 Å². The Morgan fingerprint density at radius 2 is 0.533 bits per heavy atom. The molecule has 0 fully saturated rings. The van der Waals surface area contributed by atoms with Crippen LogP contribution in [0, 0.1) is 0 Å². The molecule has 6 heteroatoms. The number of ether oxygens (including phenoxy) is 3. The van der Waals surface area contributed by atoms with E-state index in [-0.39, 0.29) is 44.0 Å². The van der Waals surface area contributed by atoms with Gasteiger partial charge in [0.15, 0.2) is 6.10 Å². The van der Waals surface area contributed by atoms with Crippen molar-refractivity contribution in [1.82, 2.24) is 0 Å². The van der Waals surface area contributed by atoms with E-state index in [4.69, 9.17) is 14.2 Å². The molecule has 1 unspecified atom stereocenters. The molecule has 1 atom stereocenters. The van der Waals surface area contributed by atoms with Gasteiger partial charge in [-0.25, -0.2) is 0 Å². The Morgan fingerprint density at radius 1 is 0.280 bits per heavy atom. The third kappa shape index (κ3) is 59.5. The van der Waals surface area contributed by atoms with E-state index in [0.717, 1.165) is 154 Å². The fraction of sp³-hybridized carbons (Fsp3) is 0.551. The van der Waals surface area contributed by atoms with Crippen LogP contribution in [-0.4, -0.2) is 37.2 Å². The standard InChI is InChI=1S/C69H106O6/c1-4-7-10-13-16-18-20-22-24-26-28-30-31-32-33-34-35-36-37-39-40-42-44-46-48-50-53-56-59-62-68(71)74-65-66(64-73-67(70)61-58-55-52-15-12-9-6-3)75-69(72)63-60-57-54-51-49-47-45-43-41-38-29-27-25-23-21-19-17-14-11-8-5-2/h7-8,10-11,16-19,22-25,28-30,32-33,35-36,38-40,43-46,50,53,66H,4-6,9,12-15,20-21,26-27,31,34,37,41-42,47-49,51-52,54-65H2,1-3H3/b10-7-,11-8-,18-16-,19-17-,24-22-,25-23-,30-28-,33-32-,36-35-,38-29-,40-39-,45-43-,46-44-,53-50-. The van der Waals surface area contributed by atoms with Gasteiger partial charge < -0.3 is 14.2 Å². The Bertz CT molecular complexity index is 1750. The van der Waals surface area contributed by atoms with Crippen LogP contribution in [0.1, 0.15) is 226 Å². The van der Waals surface area contributed by atoms with Crippen molar-refractivity contribution in [2.24, 2.45) is 0 Å². The van der Waals surface area contributed by atoms with Gasteiger partial charge in [0.25, 0.3) is 0 Å². The number of carbonyl (C=O) groups excluding carboxylic acids is 3. The summed E-state index contributed by atoms with van der Waals surface area (Å²) < 4.78 is 16.7. The van der Waals surface area contributed by atoms with E-state index in [1.54, 1.807) is 0 Å². The van der Waals surface area contributed by atoms with Crippen molar-refractivity contribution in [3.63, 3.8) is 0 Å². The highest BCUT2D eigenvalue weighted by molar-refractivity contribution is 5.71. The molecule has 0 bridgehead atoms. The summed E-state index contributed by atoms with van der Waals surface area (Å²) in [6.45, 7) is 6.28. The topological polar surface area (TPSA) is 78.9 Å². The summed E-state index contributed by atoms with van der Waals surface area (Å²) in [7, 11) is 0. The van der Waals surface area contributed by atoms with Gasteiger partial charge in [0.2, 0.25) is 0 Å². The van der Waals surface area contributed by atoms with Gasteiger partial charge in [0, 0.05) is 19.3 Å². The highest BCUT2D eigenvalue weighted by Gasteiger charge is 2.19. The summed E-state index contributed by atoms with van der Waals surface area (Å²) in [6, 6.07) is 0. The lowest BCUT2D eigenvalue weighted by Crippen LogP contribution is -2.30. The minimum Gasteiger partial charge on any atom is -0.462 e. The minimum absolute atomic E-state index is 0.111. The van der Waals surface area contributed by atoms with Gasteiger partial charge in [0.05, 0.1) is 0 Å². The third-order valence-electron chi connectivity index (χ3n) is 11.7. The van der Waals surface area contributed by atoms with Crippen LogP contribution in [-0.2, 0) is 28.6 Å². The lowest BCUT2D eigenvalue weighted by atomic mass is 10.1. The third-order valence-corrected chi connectivity index (χ3v) is 11.7. The minimum atomic E-state index is -0.818. The lowest BCUT2D eigenvalue weighted by molar-refractivity contribution is -0.167. The summed E-state index contributed by atoms with van der Waals surface area (Å²) in [5, 5.41) is 0. The molecule has 0 heterocycles. The number of hydrogen-bond donors (Lipinski definition) is 0. The van der Waals surface area contributed by atoms with E-state index in [0.29, 0.717) is 12.8 Å². The van der Waals surface area contributed by atoms with Gasteiger partial charge in [-0.05, 0) is 128 Å². The number of carbonyl (C=O) groups is 3. The molecule has 0 spiro atoms. The molecule has 0 saturated carbocycles. The van der Waals surface area contributed by atoms with Crippen LogP contribution in [0.3, 0.4) is 0 Å². The molecule has 0 aliphatic rings. The lowest BCUT2D eigenvalue weighted by Gasteiger charge is -2.18. The average molecular weight is 1030 g/mol. The summed E-state index contributed by atoms with van der Waals surface area (Å²) in [5.74, 6) is -1.01. The Labute approximate surface area is 460 Å². The van der Waals surface area contributed by atoms with Crippen LogP contribution in [0.15, 0.2) is 170 Å². The second-order valence-electron chi connectivity index (χ2n) is 18.8. The molecule has 0 N–H and O–H groups in total. The first-order chi connectivity index (χ1) is 37.0. The first-order valence-electron chi connectivity index (χ1n) is 29.6. The van der Waals surface area contributed by atoms with Gasteiger partial charge in [0.1, 0.15) is 13.2 Å². The fourth-order valence-corrected chi connectivity index (χ4v) is 7.35. The zero-order valence-corrected chi connectivity index (χ0v) is 47.7. The van der Waals surface area contributed by atoms with Crippen LogP contribution in [0.25, 0.3) is 0 Å². The van der Waals surface area contributed by atoms with Crippen LogP contribution in [0.4, 0.5) is 0 Å². The SMILES string of the molecule is CC/C=C\C/C=C\C/C=C\C/C=C\C/C=C\C/C=C\C/C=C\C/C=C\C/C=C\CCCC(=O)OCC(COC(=O)CCCCCCCCC)OC(=O)CCCCCCC/C=C\C/C=C\C/C=C\C/C=C\C/C=C\CC. The molecule has 0 radical (unpaired) electrons. The van der Waals surface area contributed by atoms with E-state index in [1.807, 2.05) is 0 Å². The molecule has 0 aliphatic heterocycles. The predicted molar refractivity (Wildman–Crippen MR) is 325 cm³/mol. The number of esters is 3. The molecular formula is C69H106O6. The summed E-state index contributed by atoms with van der Waals surface area (Å²) in [4.78, 5) is 38.0. The zero-order valence-electron chi connectivity index (χ0n) is 47.7. The first kappa shape index (κ1) is 69.8. The summed E-state index contributed by atoms with van der Waals surface area (Å²) in [6.07, 6.45) is 90.9. The van der Waals surface area contributed by atoms with Crippen molar-refractivity contribution in [2.45, 2.75) is 232 Å². The van der Waals surface area contributed by atoms with Crippen molar-refractivity contribution >= 4 is 17.9 Å². The van der Waals surface area contributed by atoms with E-state index in [2.05, 4.69) is 191 Å². The highest BCUT2D eigenvalue weighted by Crippen LogP contribution is 2.12. The second-order valence-corrected chi connectivity index (χ2v) is 18.8. The molecule has 0 amide bonds. The van der Waals surface area contributed by atoms with Crippen LogP contribution >= 0.6 is 0 Å². The van der Waals surface area contributed by atoms with Gasteiger partial charge >= 0.3 is 17.9 Å². The molecule has 418 valence electrons. The summed E-state index contributed by atoms with van der Waals surface area (Å²) >= 11 is 0. The van der Waals surface area contributed by atoms with E-state index in [1.165, 1.54) is 25.7 Å². The summed E-state index contributed by atoms with van der Waals surface area (Å²) in [5.41, 5.74) is 0. The van der Waals surface area contributed by atoms with Crippen molar-refractivity contribution in [2.75, 3.05) is 13.2 Å². The normalized spacial score (nSPS) is 13.4. The molecule has 75 heavy (non-hydrogen) atoms. The van der Waals surface area contributed by atoms with Crippen LogP contribution in [0.2, 0.25) is 0 Å². The van der Waals surface area contributed by atoms with Gasteiger partial charge in [-0.3, -0.25) is 14.4 Å². The molecule has 6 nitrogen and oxygen atoms in total. The van der Waals surface area contributed by atoms with Gasteiger partial charge in [-0.15, -0.1) is 0 Å². The maximum atomic E-state index is 12.8. The number of allylic oxidation sites excluding steroid dienone is 28. The Kier molecular flexibility index (Phi) is 57.0. The smallest absolute Gasteiger partial charge is 0.306 e. The fourth-order valence-electron chi connectivity index (χ4n) is 7.35. The van der Waals surface area contributed by atoms with Crippen molar-refractivity contribution in [3.8, 4) is 0 Å². The molecule has 0 aromatic rings. The monoisotopic (exact) mass is 1030 g/mol. The Hall–Kier alpha value is -5.23. The molecule has 0 aromatic carbocycles. The first-order valence-corrected chi connectivity index (χ1v) is 29.6. The average Bonchev–Trinajstić information content (AvgIpc) is 3.41. The van der Waals surface area contributed by atoms with E-state index < -0.39 is 6.10 Å². The molecule has 0 aromatic heterocycles. The predicted octanol–water partition coefficient (Wildman–Crippen LogP) is 20.3. The molecule has 0 saturated heterocycles. The highest BCUT2D eigenvalue weighted by atomic mass is 16.6. The Morgan fingerprint density at radius 3 is 0.867 bits per heavy atom. The molecule has 0 rings (SSSR count). The molecule has 0 aliphatic carbocycles. The number of rotatable bonds is 51. The van der Waals surface area contributed by atoms with Crippen molar-refractivity contribution in [3.05, 3.63) is 170 Å². The van der Waals surface area contributed by atoms with Gasteiger partial charge in [-0.2, -0.15) is 0 Å². The van der Waals surface area contributed by atoms with Crippen LogP contribution in [0.5, 0.6) is 0 Å². The Balaban J connectivity index is 4.37. The van der Waals surface area contributed by atoms with Crippen molar-refractivity contribution in [1.29, 1.82) is 0 Å². The number of hydrogen-bond acceptors (Lipinski definition) is 6.